The fourth-order valence-corrected chi connectivity index (χ4v) is 2.95. The number of benzene rings is 2. The average Bonchev–Trinajstić information content (AvgIpc) is 2.94. The molecule has 5 nitrogen and oxygen atoms in total. The van der Waals surface area contributed by atoms with Gasteiger partial charge in [-0.25, -0.2) is 0 Å². The zero-order valence-electron chi connectivity index (χ0n) is 14.1. The van der Waals surface area contributed by atoms with Crippen LogP contribution in [0, 0.1) is 0 Å². The second-order valence-electron chi connectivity index (χ2n) is 6.06. The molecule has 1 heterocycles. The van der Waals surface area contributed by atoms with Crippen molar-refractivity contribution in [2.45, 2.75) is 32.4 Å². The first kappa shape index (κ1) is 17.8. The third kappa shape index (κ3) is 3.99. The number of ether oxygens (including phenoxy) is 1. The Bertz CT molecular complexity index is 809. The van der Waals surface area contributed by atoms with Crippen molar-refractivity contribution in [3.8, 4) is 5.75 Å². The molecule has 3 rings (SSSR count). The lowest BCUT2D eigenvalue weighted by Crippen LogP contribution is -2.30. The van der Waals surface area contributed by atoms with Gasteiger partial charge >= 0.3 is 6.61 Å². The Balaban J connectivity index is 1.69. The molecule has 2 aromatic carbocycles. The molecule has 1 aliphatic rings. The summed E-state index contributed by atoms with van der Waals surface area (Å²) in [6.07, 6.45) is 1.37. The number of carbonyl (C=O) groups excluding carboxylic acids is 2. The van der Waals surface area contributed by atoms with Crippen molar-refractivity contribution in [1.29, 1.82) is 0 Å². The average molecular weight is 360 g/mol. The summed E-state index contributed by atoms with van der Waals surface area (Å²) < 4.78 is 28.8. The van der Waals surface area contributed by atoms with Gasteiger partial charge in [-0.1, -0.05) is 6.07 Å². The highest BCUT2D eigenvalue weighted by Crippen LogP contribution is 2.27. The predicted molar refractivity (Wildman–Crippen MR) is 93.7 cm³/mol. The van der Waals surface area contributed by atoms with E-state index in [1.54, 1.807) is 29.2 Å². The Hall–Kier alpha value is -2.96. The van der Waals surface area contributed by atoms with E-state index in [-0.39, 0.29) is 23.3 Å². The van der Waals surface area contributed by atoms with Crippen LogP contribution in [0.15, 0.2) is 48.5 Å². The van der Waals surface area contributed by atoms with Crippen LogP contribution in [0.5, 0.6) is 5.75 Å². The quantitative estimate of drug-likeness (QED) is 0.875. The van der Waals surface area contributed by atoms with Crippen LogP contribution < -0.4 is 15.0 Å². The van der Waals surface area contributed by atoms with Gasteiger partial charge in [-0.2, -0.15) is 8.78 Å². The van der Waals surface area contributed by atoms with E-state index in [1.807, 2.05) is 6.92 Å². The van der Waals surface area contributed by atoms with Crippen LogP contribution in [0.4, 0.5) is 20.2 Å². The van der Waals surface area contributed by atoms with Crippen molar-refractivity contribution < 1.29 is 23.1 Å². The molecule has 0 radical (unpaired) electrons. The largest absolute Gasteiger partial charge is 0.435 e. The van der Waals surface area contributed by atoms with E-state index in [9.17, 15) is 18.4 Å². The van der Waals surface area contributed by atoms with Crippen molar-refractivity contribution in [1.82, 2.24) is 0 Å². The Kier molecular flexibility index (Phi) is 5.16. The standard InChI is InChI=1S/C19H18F2N2O3/c1-12-5-10-17(24)23(12)15-8-6-14(7-9-15)22-18(25)13-3-2-4-16(11-13)26-19(20)21/h2-4,6-9,11-12,19H,5,10H2,1H3,(H,22,25). The minimum atomic E-state index is -2.95. The second-order valence-corrected chi connectivity index (χ2v) is 6.06. The van der Waals surface area contributed by atoms with E-state index in [4.69, 9.17) is 0 Å². The van der Waals surface area contributed by atoms with E-state index in [2.05, 4.69) is 10.1 Å². The molecule has 1 fully saturated rings. The van der Waals surface area contributed by atoms with E-state index in [0.29, 0.717) is 12.1 Å². The lowest BCUT2D eigenvalue weighted by molar-refractivity contribution is -0.117. The molecule has 7 heteroatoms. The molecule has 1 atom stereocenters. The van der Waals surface area contributed by atoms with Crippen LogP contribution in [0.1, 0.15) is 30.1 Å². The molecule has 0 saturated carbocycles. The minimum Gasteiger partial charge on any atom is -0.435 e. The number of halogens is 2. The lowest BCUT2D eigenvalue weighted by Gasteiger charge is -2.22. The number of hydrogen-bond donors (Lipinski definition) is 1. The normalized spacial score (nSPS) is 16.8. The highest BCUT2D eigenvalue weighted by atomic mass is 19.3. The molecular weight excluding hydrogens is 342 g/mol. The molecule has 1 saturated heterocycles. The van der Waals surface area contributed by atoms with Crippen LogP contribution in [-0.4, -0.2) is 24.5 Å². The van der Waals surface area contributed by atoms with Crippen molar-refractivity contribution >= 4 is 23.2 Å². The zero-order chi connectivity index (χ0) is 18.7. The van der Waals surface area contributed by atoms with Crippen LogP contribution in [-0.2, 0) is 4.79 Å². The maximum absolute atomic E-state index is 12.3. The summed E-state index contributed by atoms with van der Waals surface area (Å²) in [5.74, 6) is -0.433. The first-order chi connectivity index (χ1) is 12.4. The van der Waals surface area contributed by atoms with Crippen molar-refractivity contribution in [3.05, 3.63) is 54.1 Å². The minimum absolute atomic E-state index is 0.0791. The van der Waals surface area contributed by atoms with Crippen molar-refractivity contribution in [2.24, 2.45) is 0 Å². The lowest BCUT2D eigenvalue weighted by atomic mass is 10.2. The predicted octanol–water partition coefficient (Wildman–Crippen LogP) is 4.06. The molecule has 0 bridgehead atoms. The molecular formula is C19H18F2N2O3. The third-order valence-electron chi connectivity index (χ3n) is 4.21. The summed E-state index contributed by atoms with van der Waals surface area (Å²) in [5, 5.41) is 2.69. The Morgan fingerprint density at radius 3 is 2.58 bits per heavy atom. The number of hydrogen-bond acceptors (Lipinski definition) is 3. The van der Waals surface area contributed by atoms with Gasteiger partial charge in [0, 0.05) is 29.4 Å². The van der Waals surface area contributed by atoms with Gasteiger partial charge in [0.15, 0.2) is 0 Å². The summed E-state index contributed by atoms with van der Waals surface area (Å²) in [5.41, 5.74) is 1.53. The summed E-state index contributed by atoms with van der Waals surface area (Å²) in [6.45, 7) is -0.953. The smallest absolute Gasteiger partial charge is 0.387 e. The molecule has 1 unspecified atom stereocenters. The molecule has 1 aliphatic heterocycles. The number of rotatable bonds is 5. The van der Waals surface area contributed by atoms with Crippen molar-refractivity contribution in [2.75, 3.05) is 10.2 Å². The molecule has 2 aromatic rings. The topological polar surface area (TPSA) is 58.6 Å². The molecule has 136 valence electrons. The zero-order valence-corrected chi connectivity index (χ0v) is 14.1. The maximum atomic E-state index is 12.3. The highest BCUT2D eigenvalue weighted by Gasteiger charge is 2.28. The van der Waals surface area contributed by atoms with E-state index in [1.165, 1.54) is 24.3 Å². The summed E-state index contributed by atoms with van der Waals surface area (Å²) in [4.78, 5) is 26.0. The van der Waals surface area contributed by atoms with Gasteiger partial charge in [0.05, 0.1) is 0 Å². The number of nitrogens with one attached hydrogen (secondary N) is 1. The van der Waals surface area contributed by atoms with Crippen LogP contribution in [0.3, 0.4) is 0 Å². The molecule has 0 aromatic heterocycles. The Morgan fingerprint density at radius 1 is 1.23 bits per heavy atom. The number of amides is 2. The van der Waals surface area contributed by atoms with E-state index in [0.717, 1.165) is 12.1 Å². The Morgan fingerprint density at radius 2 is 1.96 bits per heavy atom. The monoisotopic (exact) mass is 360 g/mol. The van der Waals surface area contributed by atoms with E-state index >= 15 is 0 Å². The van der Waals surface area contributed by atoms with Crippen LogP contribution >= 0.6 is 0 Å². The number of alkyl halides is 2. The molecule has 26 heavy (non-hydrogen) atoms. The van der Waals surface area contributed by atoms with Crippen LogP contribution in [0.2, 0.25) is 0 Å². The van der Waals surface area contributed by atoms with Gasteiger partial charge in [0.1, 0.15) is 5.75 Å². The third-order valence-corrected chi connectivity index (χ3v) is 4.21. The second kappa shape index (κ2) is 7.51. The molecule has 1 N–H and O–H groups in total. The van der Waals surface area contributed by atoms with Gasteiger partial charge in [0.25, 0.3) is 5.91 Å². The summed E-state index contributed by atoms with van der Waals surface area (Å²) >= 11 is 0. The van der Waals surface area contributed by atoms with Gasteiger partial charge in [0.2, 0.25) is 5.91 Å². The summed E-state index contributed by atoms with van der Waals surface area (Å²) in [7, 11) is 0. The molecule has 0 aliphatic carbocycles. The first-order valence-electron chi connectivity index (χ1n) is 8.22. The maximum Gasteiger partial charge on any atom is 0.387 e. The van der Waals surface area contributed by atoms with Crippen molar-refractivity contribution in [3.63, 3.8) is 0 Å². The van der Waals surface area contributed by atoms with Crippen LogP contribution in [0.25, 0.3) is 0 Å². The SMILES string of the molecule is CC1CCC(=O)N1c1ccc(NC(=O)c2cccc(OC(F)F)c2)cc1. The Labute approximate surface area is 149 Å². The molecule has 2 amide bonds. The number of anilines is 2. The molecule has 0 spiro atoms. The van der Waals surface area contributed by atoms with Gasteiger partial charge in [-0.05, 0) is 55.8 Å². The fraction of sp³-hybridized carbons (Fsp3) is 0.263. The highest BCUT2D eigenvalue weighted by molar-refractivity contribution is 6.04. The number of nitrogens with zero attached hydrogens (tertiary/aromatic N) is 1. The summed E-state index contributed by atoms with van der Waals surface area (Å²) in [6, 6.07) is 12.7. The van der Waals surface area contributed by atoms with Gasteiger partial charge < -0.3 is 15.0 Å². The fourth-order valence-electron chi connectivity index (χ4n) is 2.95. The van der Waals surface area contributed by atoms with E-state index < -0.39 is 12.5 Å². The number of carbonyl (C=O) groups is 2. The van der Waals surface area contributed by atoms with Gasteiger partial charge in [-0.15, -0.1) is 0 Å². The van der Waals surface area contributed by atoms with Gasteiger partial charge in [-0.3, -0.25) is 9.59 Å². The first-order valence-corrected chi connectivity index (χ1v) is 8.22.